The summed E-state index contributed by atoms with van der Waals surface area (Å²) in [7, 11) is 1.52. The van der Waals surface area contributed by atoms with Crippen LogP contribution in [0.15, 0.2) is 23.7 Å². The van der Waals surface area contributed by atoms with E-state index in [9.17, 15) is 4.79 Å². The maximum atomic E-state index is 10.5. The number of carboxylic acids is 1. The van der Waals surface area contributed by atoms with Crippen molar-refractivity contribution < 1.29 is 19.4 Å². The summed E-state index contributed by atoms with van der Waals surface area (Å²) in [5, 5.41) is 8.63. The molecule has 118 valence electrons. The van der Waals surface area contributed by atoms with Crippen LogP contribution in [0.5, 0.6) is 0 Å². The highest BCUT2D eigenvalue weighted by molar-refractivity contribution is 5.68. The number of methoxy groups -OCH3 is 1. The number of allylic oxidation sites excluding steroid dienone is 1. The first-order valence-electron chi connectivity index (χ1n) is 7.06. The molecule has 0 aromatic rings. The minimum atomic E-state index is -0.884. The van der Waals surface area contributed by atoms with Crippen LogP contribution in [0.4, 0.5) is 0 Å². The molecule has 0 unspecified atom stereocenters. The summed E-state index contributed by atoms with van der Waals surface area (Å²) in [6.07, 6.45) is 6.19. The van der Waals surface area contributed by atoms with Crippen LogP contribution < -0.4 is 5.73 Å². The van der Waals surface area contributed by atoms with Crippen LogP contribution in [0.3, 0.4) is 0 Å². The third-order valence-electron chi connectivity index (χ3n) is 2.00. The highest BCUT2D eigenvalue weighted by Crippen LogP contribution is 2.15. The molecule has 0 spiro atoms. The van der Waals surface area contributed by atoms with Crippen molar-refractivity contribution in [3.05, 3.63) is 23.7 Å². The van der Waals surface area contributed by atoms with E-state index in [1.54, 1.807) is 0 Å². The molecule has 0 aliphatic carbocycles. The lowest BCUT2D eigenvalue weighted by molar-refractivity contribution is -0.136. The van der Waals surface area contributed by atoms with Gasteiger partial charge in [-0.15, -0.1) is 0 Å². The van der Waals surface area contributed by atoms with E-state index in [1.165, 1.54) is 13.2 Å². The highest BCUT2D eigenvalue weighted by atomic mass is 16.5. The Balaban J connectivity index is 0. The van der Waals surface area contributed by atoms with Gasteiger partial charge in [0.2, 0.25) is 0 Å². The zero-order valence-electron chi connectivity index (χ0n) is 13.1. The van der Waals surface area contributed by atoms with Gasteiger partial charge >= 0.3 is 5.97 Å². The van der Waals surface area contributed by atoms with Crippen LogP contribution in [-0.4, -0.2) is 31.3 Å². The van der Waals surface area contributed by atoms with Crippen LogP contribution >= 0.6 is 0 Å². The molecule has 0 saturated heterocycles. The van der Waals surface area contributed by atoms with Gasteiger partial charge in [0.1, 0.15) is 0 Å². The smallest absolute Gasteiger partial charge is 0.307 e. The first-order chi connectivity index (χ1) is 9.56. The van der Waals surface area contributed by atoms with Gasteiger partial charge in [-0.3, -0.25) is 4.79 Å². The number of carboxylic acid groups (broad SMARTS) is 1. The van der Waals surface area contributed by atoms with Crippen molar-refractivity contribution in [2.24, 2.45) is 5.73 Å². The maximum absolute atomic E-state index is 10.5. The van der Waals surface area contributed by atoms with E-state index in [2.05, 4.69) is 6.92 Å². The van der Waals surface area contributed by atoms with E-state index >= 15 is 0 Å². The Morgan fingerprint density at radius 2 is 1.75 bits per heavy atom. The first kappa shape index (κ1) is 20.8. The lowest BCUT2D eigenvalue weighted by atomic mass is 10.2. The molecule has 0 radical (unpaired) electrons. The summed E-state index contributed by atoms with van der Waals surface area (Å²) in [6, 6.07) is 0. The fraction of sp³-hybridized carbons (Fsp3) is 0.667. The fourth-order valence-corrected chi connectivity index (χ4v) is 1.18. The zero-order valence-corrected chi connectivity index (χ0v) is 13.1. The van der Waals surface area contributed by atoms with Crippen molar-refractivity contribution in [3.8, 4) is 0 Å². The Morgan fingerprint density at radius 1 is 1.15 bits per heavy atom. The van der Waals surface area contributed by atoms with Gasteiger partial charge in [-0.25, -0.2) is 0 Å². The number of hydrogen-bond acceptors (Lipinski definition) is 4. The second-order valence-corrected chi connectivity index (χ2v) is 3.98. The average molecular weight is 287 g/mol. The Labute approximate surface area is 122 Å². The molecule has 0 heterocycles. The van der Waals surface area contributed by atoms with Crippen molar-refractivity contribution in [2.75, 3.05) is 20.3 Å². The van der Waals surface area contributed by atoms with Gasteiger partial charge in [-0.1, -0.05) is 27.2 Å². The molecule has 0 aromatic carbocycles. The van der Waals surface area contributed by atoms with Gasteiger partial charge in [0.15, 0.2) is 11.5 Å². The van der Waals surface area contributed by atoms with E-state index in [-0.39, 0.29) is 6.42 Å². The molecule has 0 bridgehead atoms. The molecule has 0 aliphatic rings. The Kier molecular flexibility index (Phi) is 16.2. The Hall–Kier alpha value is -1.49. The van der Waals surface area contributed by atoms with Crippen molar-refractivity contribution in [1.82, 2.24) is 0 Å². The summed E-state index contributed by atoms with van der Waals surface area (Å²) in [4.78, 5) is 10.5. The molecule has 0 atom stereocenters. The number of aliphatic carboxylic acids is 1. The number of nitrogens with two attached hydrogens (primary N) is 1. The summed E-state index contributed by atoms with van der Waals surface area (Å²) in [5.74, 6) is 0.247. The molecule has 0 fully saturated rings. The second kappa shape index (κ2) is 15.6. The van der Waals surface area contributed by atoms with Crippen LogP contribution in [0.2, 0.25) is 0 Å². The number of carbonyl (C=O) groups is 1. The quantitative estimate of drug-likeness (QED) is 0.503. The van der Waals surface area contributed by atoms with Gasteiger partial charge < -0.3 is 20.3 Å². The second-order valence-electron chi connectivity index (χ2n) is 3.98. The molecule has 0 aromatic heterocycles. The number of rotatable bonds is 9. The van der Waals surface area contributed by atoms with Gasteiger partial charge in [-0.05, 0) is 31.5 Å². The summed E-state index contributed by atoms with van der Waals surface area (Å²) < 4.78 is 10.7. The monoisotopic (exact) mass is 287 g/mol. The van der Waals surface area contributed by atoms with Crippen molar-refractivity contribution >= 4 is 5.97 Å². The molecular weight excluding hydrogens is 258 g/mol. The lowest BCUT2D eigenvalue weighted by Crippen LogP contribution is -2.01. The van der Waals surface area contributed by atoms with E-state index in [0.29, 0.717) is 18.1 Å². The van der Waals surface area contributed by atoms with Crippen molar-refractivity contribution in [1.29, 1.82) is 0 Å². The minimum absolute atomic E-state index is 0.0673. The number of hydrogen-bond donors (Lipinski definition) is 2. The highest BCUT2D eigenvalue weighted by Gasteiger charge is 2.07. The van der Waals surface area contributed by atoms with Crippen LogP contribution in [0, 0.1) is 0 Å². The maximum Gasteiger partial charge on any atom is 0.307 e. The van der Waals surface area contributed by atoms with E-state index in [4.69, 9.17) is 20.3 Å². The molecule has 0 aliphatic heterocycles. The standard InChI is InChI=1S/C13H22O4.C2H7N/c1-4-6-7-12(17-10-5-2)11(16-3)8-9-13(14)15;1-2-3/h7-8H,4-6,9-10H2,1-3H3,(H,14,15);2-3H2,1H3/b11-8+,12-7+;. The molecule has 0 saturated carbocycles. The molecular formula is C15H29NO4. The first-order valence-corrected chi connectivity index (χ1v) is 7.06. The predicted molar refractivity (Wildman–Crippen MR) is 81.3 cm³/mol. The average Bonchev–Trinajstić information content (AvgIpc) is 2.42. The van der Waals surface area contributed by atoms with Gasteiger partial charge in [0.05, 0.1) is 20.1 Å². The molecule has 3 N–H and O–H groups in total. The lowest BCUT2D eigenvalue weighted by Gasteiger charge is -2.12. The predicted octanol–water partition coefficient (Wildman–Crippen LogP) is 3.07. The molecule has 5 heteroatoms. The van der Waals surface area contributed by atoms with Crippen LogP contribution in [0.25, 0.3) is 0 Å². The summed E-state index contributed by atoms with van der Waals surface area (Å²) in [5.41, 5.74) is 4.85. The van der Waals surface area contributed by atoms with E-state index in [0.717, 1.165) is 25.8 Å². The number of ether oxygens (including phenoxy) is 2. The van der Waals surface area contributed by atoms with Gasteiger partial charge in [-0.2, -0.15) is 0 Å². The Morgan fingerprint density at radius 3 is 2.15 bits per heavy atom. The van der Waals surface area contributed by atoms with Crippen LogP contribution in [-0.2, 0) is 14.3 Å². The van der Waals surface area contributed by atoms with Crippen molar-refractivity contribution in [2.45, 2.75) is 46.5 Å². The van der Waals surface area contributed by atoms with Gasteiger partial charge in [0.25, 0.3) is 0 Å². The normalized spacial score (nSPS) is 11.4. The third-order valence-corrected chi connectivity index (χ3v) is 2.00. The minimum Gasteiger partial charge on any atom is -0.493 e. The topological polar surface area (TPSA) is 81.8 Å². The molecule has 0 amide bonds. The fourth-order valence-electron chi connectivity index (χ4n) is 1.18. The van der Waals surface area contributed by atoms with Gasteiger partial charge in [0, 0.05) is 0 Å². The SMILES string of the molecule is CCC/C=C(OCCC)\C(=C/CC(=O)O)OC.CCN. The molecule has 0 rings (SSSR count). The largest absolute Gasteiger partial charge is 0.493 e. The number of unbranched alkanes of at least 4 members (excludes halogenated alkanes) is 1. The summed E-state index contributed by atoms with van der Waals surface area (Å²) >= 11 is 0. The van der Waals surface area contributed by atoms with Crippen LogP contribution in [0.1, 0.15) is 46.5 Å². The molecule has 5 nitrogen and oxygen atoms in total. The Bertz CT molecular complexity index is 298. The third kappa shape index (κ3) is 13.0. The van der Waals surface area contributed by atoms with E-state index in [1.807, 2.05) is 19.9 Å². The zero-order chi connectivity index (χ0) is 15.8. The summed E-state index contributed by atoms with van der Waals surface area (Å²) in [6.45, 7) is 7.34. The molecule has 20 heavy (non-hydrogen) atoms. The van der Waals surface area contributed by atoms with E-state index < -0.39 is 5.97 Å². The van der Waals surface area contributed by atoms with Crippen molar-refractivity contribution in [3.63, 3.8) is 0 Å².